The van der Waals surface area contributed by atoms with E-state index in [-0.39, 0.29) is 0 Å². The van der Waals surface area contributed by atoms with Crippen molar-refractivity contribution in [1.29, 1.82) is 0 Å². The van der Waals surface area contributed by atoms with Gasteiger partial charge < -0.3 is 8.83 Å². The van der Waals surface area contributed by atoms with Crippen molar-refractivity contribution in [3.8, 4) is 22.3 Å². The van der Waals surface area contributed by atoms with Gasteiger partial charge in [-0.25, -0.2) is 19.9 Å². The van der Waals surface area contributed by atoms with Crippen molar-refractivity contribution in [3.05, 3.63) is 218 Å². The van der Waals surface area contributed by atoms with Crippen molar-refractivity contribution < 1.29 is 8.83 Å². The Morgan fingerprint density at radius 1 is 0.303 bits per heavy atom. The van der Waals surface area contributed by atoms with Crippen LogP contribution in [0.15, 0.2) is 227 Å². The molecule has 8 heterocycles. The summed E-state index contributed by atoms with van der Waals surface area (Å²) in [6.45, 7) is 0. The minimum Gasteiger partial charge on any atom is -0.455 e. The lowest BCUT2D eigenvalue weighted by Crippen LogP contribution is -1.88. The molecule has 0 bridgehead atoms. The third-order valence-corrected chi connectivity index (χ3v) is 16.0. The highest BCUT2D eigenvalue weighted by Gasteiger charge is 2.25. The fourth-order valence-corrected chi connectivity index (χ4v) is 12.7. The van der Waals surface area contributed by atoms with Gasteiger partial charge in [0, 0.05) is 43.1 Å². The van der Waals surface area contributed by atoms with E-state index < -0.39 is 0 Å². The molecule has 8 aromatic heterocycles. The lowest BCUT2D eigenvalue weighted by atomic mass is 9.97. The Labute approximate surface area is 429 Å². The molecular weight excluding hydrogens is 933 g/mol. The summed E-state index contributed by atoms with van der Waals surface area (Å²) in [5.74, 6) is 0. The quantitative estimate of drug-likeness (QED) is 0.172. The number of hydrogen-bond acceptors (Lipinski definition) is 6. The van der Waals surface area contributed by atoms with E-state index in [1.165, 1.54) is 32.8 Å². The number of furan rings is 2. The maximum atomic E-state index is 6.64. The van der Waals surface area contributed by atoms with Crippen molar-refractivity contribution in [3.63, 3.8) is 0 Å². The fourth-order valence-electron chi connectivity index (χ4n) is 12.7. The third-order valence-electron chi connectivity index (χ3n) is 16.0. The van der Waals surface area contributed by atoms with E-state index >= 15 is 0 Å². The maximum Gasteiger partial charge on any atom is 0.165 e. The SMILES string of the molecule is c1ccc(-c2ccc3c(c2)oc2c3ccc3c2c2cccc4c5nc6ccccc6nc5n3c42)cc1.c1ccc2c(-c3ccc4oc5c(ccc6c5c5cccc7c8nc9ccccc9nc8n6c75)c4c3)cccc2c1. The lowest BCUT2D eigenvalue weighted by Gasteiger charge is -2.07. The first kappa shape index (κ1) is 40.1. The topological polar surface area (TPSA) is 86.7 Å². The molecule has 19 aromatic rings. The molecule has 350 valence electrons. The van der Waals surface area contributed by atoms with E-state index in [0.717, 1.165) is 143 Å². The van der Waals surface area contributed by atoms with Crippen LogP contribution in [-0.4, -0.2) is 28.7 Å². The molecule has 76 heavy (non-hydrogen) atoms. The van der Waals surface area contributed by atoms with Gasteiger partial charge in [-0.15, -0.1) is 0 Å². The highest BCUT2D eigenvalue weighted by atomic mass is 16.3. The van der Waals surface area contributed by atoms with Crippen LogP contribution in [0.25, 0.3) is 176 Å². The second kappa shape index (κ2) is 14.6. The molecule has 0 aliphatic heterocycles. The van der Waals surface area contributed by atoms with Crippen LogP contribution in [0.2, 0.25) is 0 Å². The van der Waals surface area contributed by atoms with Gasteiger partial charge in [-0.3, -0.25) is 8.80 Å². The van der Waals surface area contributed by atoms with Crippen LogP contribution in [0, 0.1) is 0 Å². The van der Waals surface area contributed by atoms with Gasteiger partial charge >= 0.3 is 0 Å². The van der Waals surface area contributed by atoms with Gasteiger partial charge in [0.25, 0.3) is 0 Å². The van der Waals surface area contributed by atoms with E-state index in [4.69, 9.17) is 28.8 Å². The van der Waals surface area contributed by atoms with Gasteiger partial charge in [0.05, 0.1) is 54.9 Å². The summed E-state index contributed by atoms with van der Waals surface area (Å²) >= 11 is 0. The molecule has 0 fully saturated rings. The number of fused-ring (bicyclic) bond motifs is 23. The lowest BCUT2D eigenvalue weighted by molar-refractivity contribution is 0.672. The largest absolute Gasteiger partial charge is 0.455 e. The Morgan fingerprint density at radius 3 is 1.46 bits per heavy atom. The van der Waals surface area contributed by atoms with Crippen LogP contribution in [0.5, 0.6) is 0 Å². The molecular formula is C68H36N6O2. The standard InChI is InChI=1S/C36H19N3O.C32H17N3O/c1-2-9-22-20(7-1)8-5-10-23(22)21-15-18-31-27(19-21)24-16-17-30-32(35(24)40-31)25-11-6-12-26-33-36(39(30)34(25)26)38-29-14-4-3-13-28(29)37-33;1-2-7-18(8-3-1)19-13-14-20-21-15-16-26-28(31(21)36-27(20)17-19)22-9-6-10-23-29-32(35(26)30(22)23)34-25-12-5-4-11-24(25)33-29/h1-19H;1-17H. The van der Waals surface area contributed by atoms with Crippen molar-refractivity contribution in [2.45, 2.75) is 0 Å². The number of hydrogen-bond donors (Lipinski definition) is 0. The van der Waals surface area contributed by atoms with Gasteiger partial charge in [0.15, 0.2) is 11.3 Å². The van der Waals surface area contributed by atoms with Crippen LogP contribution >= 0.6 is 0 Å². The Morgan fingerprint density at radius 2 is 0.803 bits per heavy atom. The van der Waals surface area contributed by atoms with Crippen LogP contribution in [0.1, 0.15) is 0 Å². The molecule has 0 amide bonds. The zero-order valence-corrected chi connectivity index (χ0v) is 40.3. The van der Waals surface area contributed by atoms with Gasteiger partial charge in [0.2, 0.25) is 0 Å². The van der Waals surface area contributed by atoms with E-state index in [9.17, 15) is 0 Å². The molecule has 0 spiro atoms. The number of aromatic nitrogens is 6. The molecule has 11 aromatic carbocycles. The summed E-state index contributed by atoms with van der Waals surface area (Å²) in [6.07, 6.45) is 0. The van der Waals surface area contributed by atoms with Crippen molar-refractivity contribution in [1.82, 2.24) is 28.7 Å². The Hall–Kier alpha value is -10.4. The molecule has 0 unspecified atom stereocenters. The molecule has 0 aliphatic carbocycles. The minimum absolute atomic E-state index is 0.883. The second-order valence-electron chi connectivity index (χ2n) is 20.0. The van der Waals surface area contributed by atoms with Crippen molar-refractivity contribution in [2.24, 2.45) is 0 Å². The van der Waals surface area contributed by atoms with Gasteiger partial charge in [-0.05, 0) is 106 Å². The Balaban J connectivity index is 0.000000120. The molecule has 0 radical (unpaired) electrons. The number of para-hydroxylation sites is 6. The predicted octanol–water partition coefficient (Wildman–Crippen LogP) is 17.8. The van der Waals surface area contributed by atoms with Crippen LogP contribution in [-0.2, 0) is 0 Å². The average Bonchev–Trinajstić information content (AvgIpc) is 4.52. The number of benzene rings is 11. The van der Waals surface area contributed by atoms with Crippen LogP contribution < -0.4 is 0 Å². The highest BCUT2D eigenvalue weighted by Crippen LogP contribution is 2.46. The summed E-state index contributed by atoms with van der Waals surface area (Å²) in [4.78, 5) is 20.2. The summed E-state index contributed by atoms with van der Waals surface area (Å²) in [5, 5.41) is 13.8. The molecule has 0 atom stereocenters. The van der Waals surface area contributed by atoms with Gasteiger partial charge in [0.1, 0.15) is 33.4 Å². The predicted molar refractivity (Wildman–Crippen MR) is 311 cm³/mol. The van der Waals surface area contributed by atoms with Crippen molar-refractivity contribution >= 4 is 153 Å². The zero-order valence-electron chi connectivity index (χ0n) is 40.3. The second-order valence-corrected chi connectivity index (χ2v) is 20.0. The zero-order chi connectivity index (χ0) is 49.3. The first-order valence-corrected chi connectivity index (χ1v) is 25.6. The number of nitrogens with zero attached hydrogens (tertiary/aromatic N) is 6. The molecule has 0 aliphatic rings. The summed E-state index contributed by atoms with van der Waals surface area (Å²) < 4.78 is 17.8. The molecule has 8 nitrogen and oxygen atoms in total. The molecule has 0 saturated heterocycles. The van der Waals surface area contributed by atoms with Crippen LogP contribution in [0.3, 0.4) is 0 Å². The normalized spacial score (nSPS) is 12.5. The monoisotopic (exact) mass is 968 g/mol. The minimum atomic E-state index is 0.883. The van der Waals surface area contributed by atoms with Crippen LogP contribution in [0.4, 0.5) is 0 Å². The summed E-state index contributed by atoms with van der Waals surface area (Å²) in [6, 6.07) is 76.4. The molecule has 19 rings (SSSR count). The highest BCUT2D eigenvalue weighted by molar-refractivity contribution is 6.31. The molecule has 0 N–H and O–H groups in total. The third kappa shape index (κ3) is 5.30. The van der Waals surface area contributed by atoms with E-state index in [2.05, 4.69) is 173 Å². The maximum absolute atomic E-state index is 6.64. The van der Waals surface area contributed by atoms with E-state index in [0.29, 0.717) is 0 Å². The van der Waals surface area contributed by atoms with Crippen molar-refractivity contribution in [2.75, 3.05) is 0 Å². The first-order chi connectivity index (χ1) is 37.7. The molecule has 8 heteroatoms. The Kier molecular flexibility index (Phi) is 7.71. The van der Waals surface area contributed by atoms with E-state index in [1.54, 1.807) is 0 Å². The molecule has 0 saturated carbocycles. The first-order valence-electron chi connectivity index (χ1n) is 25.6. The smallest absolute Gasteiger partial charge is 0.165 e. The summed E-state index contributed by atoms with van der Waals surface area (Å²) in [7, 11) is 0. The number of rotatable bonds is 2. The van der Waals surface area contributed by atoms with Gasteiger partial charge in [-0.2, -0.15) is 0 Å². The average molecular weight is 969 g/mol. The van der Waals surface area contributed by atoms with Gasteiger partial charge in [-0.1, -0.05) is 146 Å². The van der Waals surface area contributed by atoms with E-state index in [1.807, 2.05) is 54.6 Å². The fraction of sp³-hybridized carbons (Fsp3) is 0. The Bertz CT molecular complexity index is 5670. The summed E-state index contributed by atoms with van der Waals surface area (Å²) in [5.41, 5.74) is 20.1.